The van der Waals surface area contributed by atoms with E-state index in [4.69, 9.17) is 4.74 Å². The fourth-order valence-corrected chi connectivity index (χ4v) is 2.11. The molecule has 0 N–H and O–H groups in total. The first-order valence-electron chi connectivity index (χ1n) is 6.67. The maximum Gasteiger partial charge on any atom is 0.120 e. The summed E-state index contributed by atoms with van der Waals surface area (Å²) in [5.41, 5.74) is 3.82. The molecule has 0 amide bonds. The molecule has 19 heavy (non-hydrogen) atoms. The summed E-state index contributed by atoms with van der Waals surface area (Å²) >= 11 is 0. The summed E-state index contributed by atoms with van der Waals surface area (Å²) in [7, 11) is 1.70. The first-order valence-corrected chi connectivity index (χ1v) is 6.67. The third-order valence-corrected chi connectivity index (χ3v) is 3.29. The number of hydrogen-bond acceptors (Lipinski definition) is 2. The molecule has 2 aromatic rings. The summed E-state index contributed by atoms with van der Waals surface area (Å²) in [6, 6.07) is 16.9. The van der Waals surface area contributed by atoms with E-state index in [0.717, 1.165) is 18.8 Å². The second-order valence-corrected chi connectivity index (χ2v) is 4.70. The Morgan fingerprint density at radius 2 is 1.79 bits per heavy atom. The number of anilines is 1. The van der Waals surface area contributed by atoms with Crippen LogP contribution in [0.3, 0.4) is 0 Å². The van der Waals surface area contributed by atoms with Crippen LogP contribution in [0.15, 0.2) is 48.5 Å². The van der Waals surface area contributed by atoms with Gasteiger partial charge in [0, 0.05) is 24.8 Å². The summed E-state index contributed by atoms with van der Waals surface area (Å²) in [6.45, 7) is 6.18. The molecule has 0 unspecified atom stereocenters. The van der Waals surface area contributed by atoms with Gasteiger partial charge < -0.3 is 9.64 Å². The molecule has 2 nitrogen and oxygen atoms in total. The van der Waals surface area contributed by atoms with Gasteiger partial charge in [0.1, 0.15) is 5.75 Å². The van der Waals surface area contributed by atoms with E-state index in [0.29, 0.717) is 0 Å². The maximum atomic E-state index is 5.29. The van der Waals surface area contributed by atoms with Gasteiger partial charge in [-0.3, -0.25) is 0 Å². The van der Waals surface area contributed by atoms with Crippen molar-refractivity contribution in [3.05, 3.63) is 59.7 Å². The minimum absolute atomic E-state index is 0.903. The number of ether oxygens (including phenoxy) is 1. The average molecular weight is 255 g/mol. The quantitative estimate of drug-likeness (QED) is 0.799. The molecule has 0 spiro atoms. The Balaban J connectivity index is 2.17. The largest absolute Gasteiger partial charge is 0.497 e. The van der Waals surface area contributed by atoms with Crippen LogP contribution in [-0.4, -0.2) is 13.7 Å². The van der Waals surface area contributed by atoms with Crippen LogP contribution in [0.2, 0.25) is 0 Å². The third kappa shape index (κ3) is 3.50. The van der Waals surface area contributed by atoms with Crippen molar-refractivity contribution in [2.75, 3.05) is 18.6 Å². The van der Waals surface area contributed by atoms with Crippen molar-refractivity contribution in [2.24, 2.45) is 0 Å². The van der Waals surface area contributed by atoms with E-state index in [1.165, 1.54) is 16.8 Å². The Morgan fingerprint density at radius 3 is 2.42 bits per heavy atom. The minimum atomic E-state index is 0.903. The molecule has 2 heteroatoms. The summed E-state index contributed by atoms with van der Waals surface area (Å²) in [5, 5.41) is 0. The van der Waals surface area contributed by atoms with E-state index in [2.05, 4.69) is 55.1 Å². The Bertz CT molecular complexity index is 519. The van der Waals surface area contributed by atoms with Crippen LogP contribution in [0, 0.1) is 6.92 Å². The summed E-state index contributed by atoms with van der Waals surface area (Å²) < 4.78 is 5.29. The highest BCUT2D eigenvalue weighted by Gasteiger charge is 2.06. The molecule has 0 saturated carbocycles. The summed E-state index contributed by atoms with van der Waals surface area (Å²) in [6.07, 6.45) is 0. The van der Waals surface area contributed by atoms with Crippen LogP contribution in [-0.2, 0) is 6.54 Å². The zero-order valence-electron chi connectivity index (χ0n) is 11.9. The van der Waals surface area contributed by atoms with Crippen LogP contribution >= 0.6 is 0 Å². The van der Waals surface area contributed by atoms with Gasteiger partial charge in [-0.25, -0.2) is 0 Å². The molecule has 0 aromatic heterocycles. The standard InChI is InChI=1S/C17H21NO/c1-4-18(13-15-10-8-14(2)9-11-15)16-6-5-7-17(12-16)19-3/h5-12H,4,13H2,1-3H3. The van der Waals surface area contributed by atoms with Crippen LogP contribution in [0.1, 0.15) is 18.1 Å². The van der Waals surface area contributed by atoms with Crippen LogP contribution in [0.25, 0.3) is 0 Å². The molecular formula is C17H21NO. The molecule has 0 saturated heterocycles. The molecule has 0 fully saturated rings. The predicted octanol–water partition coefficient (Wildman–Crippen LogP) is 4.03. The first kappa shape index (κ1) is 13.5. The Kier molecular flexibility index (Phi) is 4.45. The number of rotatable bonds is 5. The lowest BCUT2D eigenvalue weighted by atomic mass is 10.1. The van der Waals surface area contributed by atoms with Crippen LogP contribution in [0.4, 0.5) is 5.69 Å². The normalized spacial score (nSPS) is 10.3. The van der Waals surface area contributed by atoms with E-state index in [1.807, 2.05) is 12.1 Å². The lowest BCUT2D eigenvalue weighted by molar-refractivity contribution is 0.415. The van der Waals surface area contributed by atoms with Crippen molar-refractivity contribution < 1.29 is 4.74 Å². The van der Waals surface area contributed by atoms with Crippen molar-refractivity contribution in [1.82, 2.24) is 0 Å². The van der Waals surface area contributed by atoms with Gasteiger partial charge in [0.15, 0.2) is 0 Å². The van der Waals surface area contributed by atoms with E-state index in [1.54, 1.807) is 7.11 Å². The third-order valence-electron chi connectivity index (χ3n) is 3.29. The van der Waals surface area contributed by atoms with Crippen molar-refractivity contribution >= 4 is 5.69 Å². The fraction of sp³-hybridized carbons (Fsp3) is 0.294. The zero-order valence-corrected chi connectivity index (χ0v) is 11.9. The van der Waals surface area contributed by atoms with Gasteiger partial charge in [-0.05, 0) is 31.5 Å². The Hall–Kier alpha value is -1.96. The molecule has 0 aliphatic carbocycles. The Morgan fingerprint density at radius 1 is 1.05 bits per heavy atom. The molecule has 0 heterocycles. The van der Waals surface area contributed by atoms with Gasteiger partial charge in [0.25, 0.3) is 0 Å². The minimum Gasteiger partial charge on any atom is -0.497 e. The van der Waals surface area contributed by atoms with Crippen molar-refractivity contribution in [3.63, 3.8) is 0 Å². The fourth-order valence-electron chi connectivity index (χ4n) is 2.11. The first-order chi connectivity index (χ1) is 9.22. The lowest BCUT2D eigenvalue weighted by Gasteiger charge is -2.23. The second-order valence-electron chi connectivity index (χ2n) is 4.70. The zero-order chi connectivity index (χ0) is 13.7. The van der Waals surface area contributed by atoms with E-state index >= 15 is 0 Å². The average Bonchev–Trinajstić information content (AvgIpc) is 2.46. The van der Waals surface area contributed by atoms with Gasteiger partial charge in [-0.1, -0.05) is 35.9 Å². The van der Waals surface area contributed by atoms with Crippen molar-refractivity contribution in [3.8, 4) is 5.75 Å². The van der Waals surface area contributed by atoms with Crippen molar-refractivity contribution in [2.45, 2.75) is 20.4 Å². The van der Waals surface area contributed by atoms with Crippen LogP contribution in [0.5, 0.6) is 5.75 Å². The molecule has 0 aliphatic heterocycles. The SMILES string of the molecule is CCN(Cc1ccc(C)cc1)c1cccc(OC)c1. The molecule has 2 rings (SSSR count). The molecule has 0 aliphatic rings. The van der Waals surface area contributed by atoms with Crippen molar-refractivity contribution in [1.29, 1.82) is 0 Å². The molecule has 0 bridgehead atoms. The maximum absolute atomic E-state index is 5.29. The highest BCUT2D eigenvalue weighted by Crippen LogP contribution is 2.22. The monoisotopic (exact) mass is 255 g/mol. The lowest BCUT2D eigenvalue weighted by Crippen LogP contribution is -2.21. The molecular weight excluding hydrogens is 234 g/mol. The molecule has 0 atom stereocenters. The second kappa shape index (κ2) is 6.28. The van der Waals surface area contributed by atoms with Gasteiger partial charge in [0.2, 0.25) is 0 Å². The van der Waals surface area contributed by atoms with Crippen LogP contribution < -0.4 is 9.64 Å². The number of methoxy groups -OCH3 is 1. The Labute approximate surface area is 115 Å². The van der Waals surface area contributed by atoms with Gasteiger partial charge >= 0.3 is 0 Å². The highest BCUT2D eigenvalue weighted by molar-refractivity contribution is 5.51. The van der Waals surface area contributed by atoms with Gasteiger partial charge in [-0.15, -0.1) is 0 Å². The predicted molar refractivity (Wildman–Crippen MR) is 80.9 cm³/mol. The summed E-state index contributed by atoms with van der Waals surface area (Å²) in [5.74, 6) is 0.903. The molecule has 100 valence electrons. The molecule has 2 aromatic carbocycles. The topological polar surface area (TPSA) is 12.5 Å². The highest BCUT2D eigenvalue weighted by atomic mass is 16.5. The van der Waals surface area contributed by atoms with E-state index < -0.39 is 0 Å². The van der Waals surface area contributed by atoms with E-state index in [9.17, 15) is 0 Å². The summed E-state index contributed by atoms with van der Waals surface area (Å²) in [4.78, 5) is 2.34. The number of aryl methyl sites for hydroxylation is 1. The van der Waals surface area contributed by atoms with Gasteiger partial charge in [-0.2, -0.15) is 0 Å². The van der Waals surface area contributed by atoms with E-state index in [-0.39, 0.29) is 0 Å². The molecule has 0 radical (unpaired) electrons. The number of benzene rings is 2. The van der Waals surface area contributed by atoms with Gasteiger partial charge in [0.05, 0.1) is 7.11 Å². The number of hydrogen-bond donors (Lipinski definition) is 0. The number of nitrogens with zero attached hydrogens (tertiary/aromatic N) is 1. The smallest absolute Gasteiger partial charge is 0.120 e.